The van der Waals surface area contributed by atoms with Crippen molar-refractivity contribution in [3.63, 3.8) is 0 Å². The number of allylic oxidation sites excluding steroid dienone is 1. The molecule has 0 aliphatic heterocycles. The van der Waals surface area contributed by atoms with Crippen LogP contribution in [0.2, 0.25) is 0 Å². The molecule has 0 saturated heterocycles. The van der Waals surface area contributed by atoms with Crippen LogP contribution >= 0.6 is 0 Å². The van der Waals surface area contributed by atoms with Crippen LogP contribution in [0, 0.1) is 0 Å². The van der Waals surface area contributed by atoms with E-state index < -0.39 is 17.9 Å². The van der Waals surface area contributed by atoms with Crippen LogP contribution in [0.1, 0.15) is 39.5 Å². The summed E-state index contributed by atoms with van der Waals surface area (Å²) in [7, 11) is 0. The van der Waals surface area contributed by atoms with Crippen LogP contribution in [0.3, 0.4) is 0 Å². The molecule has 0 bridgehead atoms. The van der Waals surface area contributed by atoms with Crippen LogP contribution in [0.5, 0.6) is 0 Å². The summed E-state index contributed by atoms with van der Waals surface area (Å²) in [6, 6.07) is 9.44. The lowest BCUT2D eigenvalue weighted by Crippen LogP contribution is -2.35. The zero-order valence-corrected chi connectivity index (χ0v) is 11.8. The number of alkyl carbamates (subject to hydrolysis) is 1. The number of hydrogen-bond acceptors (Lipinski definition) is 3. The summed E-state index contributed by atoms with van der Waals surface area (Å²) in [5, 5.41) is 2.69. The van der Waals surface area contributed by atoms with E-state index in [9.17, 15) is 4.79 Å². The molecule has 0 aliphatic rings. The molecule has 1 atom stereocenters. The summed E-state index contributed by atoms with van der Waals surface area (Å²) in [5.74, 6) is 0. The highest BCUT2D eigenvalue weighted by Crippen LogP contribution is 2.16. The minimum Gasteiger partial charge on any atom is -0.474 e. The Morgan fingerprint density at radius 2 is 1.89 bits per heavy atom. The van der Waals surface area contributed by atoms with Crippen molar-refractivity contribution in [2.75, 3.05) is 0 Å². The summed E-state index contributed by atoms with van der Waals surface area (Å²) in [6.07, 6.45) is 2.22. The number of nitrogens with one attached hydrogen (secondary N) is 1. The minimum absolute atomic E-state index is 0.508. The third kappa shape index (κ3) is 5.95. The van der Waals surface area contributed by atoms with E-state index in [1.54, 1.807) is 6.08 Å². The van der Waals surface area contributed by atoms with Gasteiger partial charge in [0.25, 0.3) is 0 Å². The number of carbonyl (C=O) groups excluding carboxylic acids is 1. The van der Waals surface area contributed by atoms with Gasteiger partial charge in [0, 0.05) is 5.56 Å². The number of rotatable bonds is 4. The van der Waals surface area contributed by atoms with E-state index in [0.717, 1.165) is 5.56 Å². The molecule has 4 heteroatoms. The molecule has 4 nitrogen and oxygen atoms in total. The third-order valence-electron chi connectivity index (χ3n) is 2.10. The van der Waals surface area contributed by atoms with Gasteiger partial charge in [-0.1, -0.05) is 36.4 Å². The summed E-state index contributed by atoms with van der Waals surface area (Å²) >= 11 is 0. The molecule has 0 radical (unpaired) electrons. The number of hydrogen-bond donors (Lipinski definition) is 1. The normalized spacial score (nSPS) is 13.1. The van der Waals surface area contributed by atoms with Gasteiger partial charge in [-0.05, 0) is 27.7 Å². The van der Waals surface area contributed by atoms with Gasteiger partial charge in [-0.25, -0.2) is 4.79 Å². The fourth-order valence-corrected chi connectivity index (χ4v) is 1.40. The van der Waals surface area contributed by atoms with Gasteiger partial charge >= 0.3 is 6.09 Å². The number of ether oxygens (including phenoxy) is 2. The second kappa shape index (κ2) is 6.83. The molecule has 0 heterocycles. The lowest BCUT2D eigenvalue weighted by Gasteiger charge is -2.23. The van der Waals surface area contributed by atoms with E-state index in [4.69, 9.17) is 9.47 Å². The van der Waals surface area contributed by atoms with Crippen molar-refractivity contribution in [3.05, 3.63) is 48.2 Å². The Kier molecular flexibility index (Phi) is 5.42. The van der Waals surface area contributed by atoms with Gasteiger partial charge in [-0.3, -0.25) is 5.32 Å². The molecule has 1 aromatic rings. The predicted molar refractivity (Wildman–Crippen MR) is 74.5 cm³/mol. The second-order valence-corrected chi connectivity index (χ2v) is 5.04. The van der Waals surface area contributed by atoms with Gasteiger partial charge in [0.05, 0.1) is 6.26 Å². The summed E-state index contributed by atoms with van der Waals surface area (Å²) in [6.45, 7) is 7.29. The van der Waals surface area contributed by atoms with Crippen molar-refractivity contribution in [2.24, 2.45) is 0 Å². The largest absolute Gasteiger partial charge is 0.474 e. The van der Waals surface area contributed by atoms with Gasteiger partial charge in [0.15, 0.2) is 6.23 Å². The molecular weight excluding hydrogens is 242 g/mol. The summed E-state index contributed by atoms with van der Waals surface area (Å²) < 4.78 is 10.7. The average molecular weight is 263 g/mol. The summed E-state index contributed by atoms with van der Waals surface area (Å²) in [4.78, 5) is 11.8. The standard InChI is InChI=1S/C15H21NO3/c1-5-11-18-13(12-9-7-6-8-10-12)16-14(17)19-15(2,3)4/h5-11,13H,1-4H3,(H,16,17)/b11-5-. The quantitative estimate of drug-likeness (QED) is 0.664. The maximum absolute atomic E-state index is 11.8. The first-order valence-electron chi connectivity index (χ1n) is 6.23. The fourth-order valence-electron chi connectivity index (χ4n) is 1.40. The van der Waals surface area contributed by atoms with Crippen molar-refractivity contribution < 1.29 is 14.3 Å². The predicted octanol–water partition coefficient (Wildman–Crippen LogP) is 3.76. The molecule has 1 aromatic carbocycles. The number of carbonyl (C=O) groups is 1. The molecule has 0 spiro atoms. The molecule has 1 amide bonds. The van der Waals surface area contributed by atoms with Gasteiger partial charge in [-0.2, -0.15) is 0 Å². The highest BCUT2D eigenvalue weighted by atomic mass is 16.6. The van der Waals surface area contributed by atoms with Gasteiger partial charge in [-0.15, -0.1) is 0 Å². The molecule has 1 N–H and O–H groups in total. The lowest BCUT2D eigenvalue weighted by atomic mass is 10.2. The van der Waals surface area contributed by atoms with Crippen molar-refractivity contribution >= 4 is 6.09 Å². The average Bonchev–Trinajstić information content (AvgIpc) is 2.33. The Bertz CT molecular complexity index is 421. The number of amides is 1. The van der Waals surface area contributed by atoms with Crippen LogP contribution in [-0.4, -0.2) is 11.7 Å². The van der Waals surface area contributed by atoms with Crippen LogP contribution in [-0.2, 0) is 9.47 Å². The zero-order valence-electron chi connectivity index (χ0n) is 11.8. The smallest absolute Gasteiger partial charge is 0.410 e. The molecule has 0 saturated carbocycles. The first-order chi connectivity index (χ1) is 8.92. The summed E-state index contributed by atoms with van der Waals surface area (Å²) in [5.41, 5.74) is 0.317. The van der Waals surface area contributed by atoms with Gasteiger partial charge in [0.1, 0.15) is 5.60 Å². The van der Waals surface area contributed by atoms with Crippen molar-refractivity contribution in [3.8, 4) is 0 Å². The van der Waals surface area contributed by atoms with E-state index >= 15 is 0 Å². The van der Waals surface area contributed by atoms with E-state index in [0.29, 0.717) is 0 Å². The first-order valence-corrected chi connectivity index (χ1v) is 6.23. The van der Waals surface area contributed by atoms with Crippen LogP contribution < -0.4 is 5.32 Å². The Morgan fingerprint density at radius 3 is 2.42 bits per heavy atom. The van der Waals surface area contributed by atoms with Gasteiger partial charge < -0.3 is 9.47 Å². The Hall–Kier alpha value is -1.97. The molecule has 0 fully saturated rings. The van der Waals surface area contributed by atoms with Crippen LogP contribution in [0.15, 0.2) is 42.7 Å². The van der Waals surface area contributed by atoms with Gasteiger partial charge in [0.2, 0.25) is 0 Å². The number of benzene rings is 1. The zero-order chi connectivity index (χ0) is 14.3. The minimum atomic E-state index is -0.563. The SMILES string of the molecule is C/C=C\OC(NC(=O)OC(C)(C)C)c1ccccc1. The van der Waals surface area contributed by atoms with Crippen molar-refractivity contribution in [1.29, 1.82) is 0 Å². The van der Waals surface area contributed by atoms with E-state index in [2.05, 4.69) is 5.32 Å². The lowest BCUT2D eigenvalue weighted by molar-refractivity contribution is 0.0320. The highest BCUT2D eigenvalue weighted by Gasteiger charge is 2.20. The highest BCUT2D eigenvalue weighted by molar-refractivity contribution is 5.68. The second-order valence-electron chi connectivity index (χ2n) is 5.04. The van der Waals surface area contributed by atoms with Crippen molar-refractivity contribution in [2.45, 2.75) is 39.5 Å². The molecule has 19 heavy (non-hydrogen) atoms. The van der Waals surface area contributed by atoms with Crippen molar-refractivity contribution in [1.82, 2.24) is 5.32 Å². The molecule has 1 rings (SSSR count). The van der Waals surface area contributed by atoms with Crippen LogP contribution in [0.4, 0.5) is 4.79 Å². The molecule has 104 valence electrons. The first kappa shape index (κ1) is 15.1. The fraction of sp³-hybridized carbons (Fsp3) is 0.400. The molecule has 0 aromatic heterocycles. The monoisotopic (exact) mass is 263 g/mol. The van der Waals surface area contributed by atoms with E-state index in [-0.39, 0.29) is 0 Å². The van der Waals surface area contributed by atoms with Crippen LogP contribution in [0.25, 0.3) is 0 Å². The van der Waals surface area contributed by atoms with E-state index in [1.165, 1.54) is 6.26 Å². The molecular formula is C15H21NO3. The Balaban J connectivity index is 2.73. The maximum Gasteiger partial charge on any atom is 0.410 e. The Labute approximate surface area is 114 Å². The Morgan fingerprint density at radius 1 is 1.26 bits per heavy atom. The topological polar surface area (TPSA) is 47.6 Å². The molecule has 0 aliphatic carbocycles. The van der Waals surface area contributed by atoms with E-state index in [1.807, 2.05) is 58.0 Å². The third-order valence-corrected chi connectivity index (χ3v) is 2.10. The maximum atomic E-state index is 11.8. The molecule has 1 unspecified atom stereocenters.